The molecule has 23 heavy (non-hydrogen) atoms. The summed E-state index contributed by atoms with van der Waals surface area (Å²) in [6.45, 7) is 0. The van der Waals surface area contributed by atoms with E-state index >= 15 is 0 Å². The maximum absolute atomic E-state index is 13.9. The van der Waals surface area contributed by atoms with Gasteiger partial charge in [0.1, 0.15) is 5.82 Å². The predicted molar refractivity (Wildman–Crippen MR) is 87.9 cm³/mol. The minimum absolute atomic E-state index is 0.143. The molecule has 0 fully saturated rings. The molecule has 0 aromatic heterocycles. The van der Waals surface area contributed by atoms with Gasteiger partial charge in [-0.15, -0.1) is 0 Å². The Morgan fingerprint density at radius 2 is 1.87 bits per heavy atom. The van der Waals surface area contributed by atoms with Crippen molar-refractivity contribution < 1.29 is 9.18 Å². The van der Waals surface area contributed by atoms with Crippen LogP contribution < -0.4 is 5.32 Å². The Morgan fingerprint density at radius 3 is 2.57 bits per heavy atom. The molecule has 3 nitrogen and oxygen atoms in total. The zero-order valence-electron chi connectivity index (χ0n) is 12.1. The number of halogens is 1. The largest absolute Gasteiger partial charge is 0.371 e. The fraction of sp³-hybridized carbons (Fsp3) is 0.111. The van der Waals surface area contributed by atoms with E-state index in [9.17, 15) is 14.4 Å². The molecule has 1 heterocycles. The molecule has 0 bridgehead atoms. The first-order valence-electron chi connectivity index (χ1n) is 7.10. The maximum Gasteiger partial charge on any atom is 0.225 e. The number of hydrogen-bond acceptors (Lipinski definition) is 4. The highest BCUT2D eigenvalue weighted by molar-refractivity contribution is 8.17. The number of rotatable bonds is 3. The fourth-order valence-electron chi connectivity index (χ4n) is 2.45. The van der Waals surface area contributed by atoms with E-state index in [0.29, 0.717) is 28.1 Å². The standard InChI is InChI=1S/C18H13FN2OS/c19-15-9-5-4-8-14(15)16-10-13(11-20)17(21-16)23-18(22)12-6-2-1-3-7-12/h1-9,16,21H,10H2. The summed E-state index contributed by atoms with van der Waals surface area (Å²) in [6, 6.07) is 17.1. The van der Waals surface area contributed by atoms with Crippen molar-refractivity contribution in [2.45, 2.75) is 12.5 Å². The van der Waals surface area contributed by atoms with Gasteiger partial charge in [0.2, 0.25) is 5.12 Å². The van der Waals surface area contributed by atoms with Crippen LogP contribution in [0.25, 0.3) is 0 Å². The van der Waals surface area contributed by atoms with Crippen molar-refractivity contribution in [3.05, 3.63) is 82.1 Å². The molecule has 0 saturated carbocycles. The summed E-state index contributed by atoms with van der Waals surface area (Å²) in [6.07, 6.45) is 0.377. The summed E-state index contributed by atoms with van der Waals surface area (Å²) in [5.41, 5.74) is 1.55. The van der Waals surface area contributed by atoms with Crippen LogP contribution in [0, 0.1) is 17.1 Å². The molecule has 0 amide bonds. The number of carbonyl (C=O) groups is 1. The number of thioether (sulfide) groups is 1. The molecule has 1 aliphatic rings. The second kappa shape index (κ2) is 6.67. The minimum Gasteiger partial charge on any atom is -0.371 e. The van der Waals surface area contributed by atoms with Crippen molar-refractivity contribution in [3.63, 3.8) is 0 Å². The molecule has 0 saturated heterocycles. The summed E-state index contributed by atoms with van der Waals surface area (Å²) in [5.74, 6) is -0.317. The summed E-state index contributed by atoms with van der Waals surface area (Å²) < 4.78 is 13.9. The quantitative estimate of drug-likeness (QED) is 0.920. The lowest BCUT2D eigenvalue weighted by Gasteiger charge is -2.14. The molecule has 0 radical (unpaired) electrons. The van der Waals surface area contributed by atoms with Crippen LogP contribution in [0.1, 0.15) is 28.4 Å². The van der Waals surface area contributed by atoms with Gasteiger partial charge in [-0.2, -0.15) is 5.26 Å². The smallest absolute Gasteiger partial charge is 0.225 e. The van der Waals surface area contributed by atoms with Crippen LogP contribution in [-0.4, -0.2) is 5.12 Å². The third kappa shape index (κ3) is 3.27. The normalized spacial score (nSPS) is 16.8. The highest BCUT2D eigenvalue weighted by atomic mass is 32.2. The first-order valence-corrected chi connectivity index (χ1v) is 7.92. The first-order chi connectivity index (χ1) is 11.2. The van der Waals surface area contributed by atoms with Crippen LogP contribution in [0.15, 0.2) is 65.2 Å². The van der Waals surface area contributed by atoms with Crippen LogP contribution in [-0.2, 0) is 0 Å². The lowest BCUT2D eigenvalue weighted by atomic mass is 10.0. The number of nitrogens with one attached hydrogen (secondary N) is 1. The number of benzene rings is 2. The highest BCUT2D eigenvalue weighted by Gasteiger charge is 2.28. The minimum atomic E-state index is -0.322. The Labute approximate surface area is 137 Å². The molecule has 5 heteroatoms. The lowest BCUT2D eigenvalue weighted by Crippen LogP contribution is -2.15. The van der Waals surface area contributed by atoms with E-state index in [2.05, 4.69) is 11.4 Å². The second-order valence-electron chi connectivity index (χ2n) is 5.10. The third-order valence-corrected chi connectivity index (χ3v) is 4.60. The molecule has 3 rings (SSSR count). The number of nitriles is 1. The molecule has 1 aliphatic heterocycles. The molecule has 2 aromatic rings. The van der Waals surface area contributed by atoms with E-state index in [-0.39, 0.29) is 17.0 Å². The first kappa shape index (κ1) is 15.3. The zero-order chi connectivity index (χ0) is 16.2. The molecule has 0 aliphatic carbocycles. The van der Waals surface area contributed by atoms with Crippen molar-refractivity contribution in [1.82, 2.24) is 5.32 Å². The molecule has 2 aromatic carbocycles. The van der Waals surface area contributed by atoms with Gasteiger partial charge in [0, 0.05) is 17.5 Å². The molecule has 1 unspecified atom stereocenters. The Balaban J connectivity index is 1.78. The van der Waals surface area contributed by atoms with Crippen LogP contribution >= 0.6 is 11.8 Å². The van der Waals surface area contributed by atoms with Gasteiger partial charge in [-0.25, -0.2) is 4.39 Å². The van der Waals surface area contributed by atoms with Crippen LogP contribution in [0.3, 0.4) is 0 Å². The number of hydrogen-bond donors (Lipinski definition) is 1. The van der Waals surface area contributed by atoms with E-state index in [4.69, 9.17) is 0 Å². The summed E-state index contributed by atoms with van der Waals surface area (Å²) in [7, 11) is 0. The highest BCUT2D eigenvalue weighted by Crippen LogP contribution is 2.36. The van der Waals surface area contributed by atoms with Gasteiger partial charge in [0.05, 0.1) is 22.7 Å². The molecular formula is C18H13FN2OS. The van der Waals surface area contributed by atoms with E-state index in [0.717, 1.165) is 11.8 Å². The van der Waals surface area contributed by atoms with Crippen LogP contribution in [0.4, 0.5) is 4.39 Å². The van der Waals surface area contributed by atoms with Gasteiger partial charge < -0.3 is 5.32 Å². The Morgan fingerprint density at radius 1 is 1.17 bits per heavy atom. The summed E-state index contributed by atoms with van der Waals surface area (Å²) in [4.78, 5) is 12.3. The molecule has 1 atom stereocenters. The second-order valence-corrected chi connectivity index (χ2v) is 6.08. The van der Waals surface area contributed by atoms with E-state index < -0.39 is 0 Å². The van der Waals surface area contributed by atoms with Gasteiger partial charge in [0.25, 0.3) is 0 Å². The Hall–Kier alpha value is -2.58. The fourth-order valence-corrected chi connectivity index (χ4v) is 3.34. The van der Waals surface area contributed by atoms with Gasteiger partial charge in [0.15, 0.2) is 0 Å². The SMILES string of the molecule is N#CC1=C(SC(=O)c2ccccc2)NC(c2ccccc2F)C1. The topological polar surface area (TPSA) is 52.9 Å². The predicted octanol–water partition coefficient (Wildman–Crippen LogP) is 4.17. The van der Waals surface area contributed by atoms with Gasteiger partial charge >= 0.3 is 0 Å². The molecular weight excluding hydrogens is 311 g/mol. The monoisotopic (exact) mass is 324 g/mol. The number of carbonyl (C=O) groups excluding carboxylic acids is 1. The van der Waals surface area contributed by atoms with Gasteiger partial charge in [-0.05, 0) is 17.8 Å². The van der Waals surface area contributed by atoms with Gasteiger partial charge in [-0.3, -0.25) is 4.79 Å². The average molecular weight is 324 g/mol. The zero-order valence-corrected chi connectivity index (χ0v) is 12.9. The molecule has 114 valence electrons. The van der Waals surface area contributed by atoms with E-state index in [1.807, 2.05) is 6.07 Å². The van der Waals surface area contributed by atoms with Crippen molar-refractivity contribution in [2.24, 2.45) is 0 Å². The summed E-state index contributed by atoms with van der Waals surface area (Å²) >= 11 is 0.982. The van der Waals surface area contributed by atoms with Crippen LogP contribution in [0.5, 0.6) is 0 Å². The molecule has 1 N–H and O–H groups in total. The van der Waals surface area contributed by atoms with E-state index in [1.165, 1.54) is 6.07 Å². The van der Waals surface area contributed by atoms with E-state index in [1.54, 1.807) is 42.5 Å². The van der Waals surface area contributed by atoms with Crippen molar-refractivity contribution in [2.75, 3.05) is 0 Å². The third-order valence-electron chi connectivity index (χ3n) is 3.61. The Kier molecular flexibility index (Phi) is 4.45. The summed E-state index contributed by atoms with van der Waals surface area (Å²) in [5, 5.41) is 12.8. The van der Waals surface area contributed by atoms with Crippen molar-refractivity contribution in [1.29, 1.82) is 5.26 Å². The van der Waals surface area contributed by atoms with Crippen LogP contribution in [0.2, 0.25) is 0 Å². The Bertz CT molecular complexity index is 811. The number of nitrogens with zero attached hydrogens (tertiary/aromatic N) is 1. The average Bonchev–Trinajstić information content (AvgIpc) is 2.98. The maximum atomic E-state index is 13.9. The molecule has 0 spiro atoms. The van der Waals surface area contributed by atoms with Crippen molar-refractivity contribution >= 4 is 16.9 Å². The van der Waals surface area contributed by atoms with Gasteiger partial charge in [-0.1, -0.05) is 48.5 Å². The lowest BCUT2D eigenvalue weighted by molar-refractivity contribution is 0.108. The van der Waals surface area contributed by atoms with Crippen molar-refractivity contribution in [3.8, 4) is 6.07 Å².